The normalized spacial score (nSPS) is 22.7. The number of hydrogen-bond acceptors (Lipinski definition) is 4. The summed E-state index contributed by atoms with van der Waals surface area (Å²) in [5.74, 6) is 0.600. The summed E-state index contributed by atoms with van der Waals surface area (Å²) in [5, 5.41) is 2.96. The fraction of sp³-hybridized carbons (Fsp3) is 0.867. The van der Waals surface area contributed by atoms with E-state index in [1.165, 1.54) is 4.90 Å². The van der Waals surface area contributed by atoms with Gasteiger partial charge in [0.15, 0.2) is 0 Å². The minimum absolute atomic E-state index is 0.0291. The van der Waals surface area contributed by atoms with Crippen LogP contribution in [0.5, 0.6) is 0 Å². The molecule has 0 aromatic carbocycles. The molecule has 0 unspecified atom stereocenters. The molecule has 0 bridgehead atoms. The van der Waals surface area contributed by atoms with E-state index in [1.807, 2.05) is 19.0 Å². The van der Waals surface area contributed by atoms with Gasteiger partial charge in [0.1, 0.15) is 5.54 Å². The molecule has 0 aliphatic carbocycles. The van der Waals surface area contributed by atoms with Gasteiger partial charge in [-0.1, -0.05) is 13.8 Å². The lowest BCUT2D eigenvalue weighted by atomic mass is 9.87. The van der Waals surface area contributed by atoms with E-state index < -0.39 is 5.54 Å². The summed E-state index contributed by atoms with van der Waals surface area (Å²) >= 11 is 0. The van der Waals surface area contributed by atoms with Gasteiger partial charge >= 0.3 is 6.03 Å². The second-order valence-corrected chi connectivity index (χ2v) is 6.97. The molecule has 0 saturated carbocycles. The van der Waals surface area contributed by atoms with Crippen molar-refractivity contribution in [3.8, 4) is 0 Å². The molecule has 0 radical (unpaired) electrons. The molecule has 2 aliphatic heterocycles. The summed E-state index contributed by atoms with van der Waals surface area (Å²) in [5.41, 5.74) is -0.642. The number of rotatable bonds is 5. The Morgan fingerprint density at radius 2 is 1.86 bits per heavy atom. The predicted molar refractivity (Wildman–Crippen MR) is 82.0 cm³/mol. The SMILES string of the molecule is CC(C)CN1CCC2(CC1)NC(=O)N(CCN(C)C)C2=O. The van der Waals surface area contributed by atoms with Gasteiger partial charge in [0.05, 0.1) is 0 Å². The highest BCUT2D eigenvalue weighted by atomic mass is 16.2. The Kier molecular flexibility index (Phi) is 4.88. The van der Waals surface area contributed by atoms with E-state index >= 15 is 0 Å². The van der Waals surface area contributed by atoms with E-state index in [0.717, 1.165) is 32.5 Å². The van der Waals surface area contributed by atoms with Crippen molar-refractivity contribution in [3.63, 3.8) is 0 Å². The summed E-state index contributed by atoms with van der Waals surface area (Å²) in [7, 11) is 3.89. The van der Waals surface area contributed by atoms with E-state index in [-0.39, 0.29) is 11.9 Å². The minimum atomic E-state index is -0.642. The molecule has 2 heterocycles. The Hall–Kier alpha value is -1.14. The Morgan fingerprint density at radius 1 is 1.24 bits per heavy atom. The molecule has 0 atom stereocenters. The Labute approximate surface area is 127 Å². The average molecular weight is 296 g/mol. The number of piperidine rings is 1. The van der Waals surface area contributed by atoms with Crippen LogP contribution in [-0.2, 0) is 4.79 Å². The summed E-state index contributed by atoms with van der Waals surface area (Å²) in [6.07, 6.45) is 1.45. The molecular formula is C15H28N4O2. The number of carbonyl (C=O) groups is 2. The third-order valence-corrected chi connectivity index (χ3v) is 4.35. The lowest BCUT2D eigenvalue weighted by molar-refractivity contribution is -0.133. The van der Waals surface area contributed by atoms with Crippen molar-refractivity contribution in [2.24, 2.45) is 5.92 Å². The average Bonchev–Trinajstić information content (AvgIpc) is 2.62. The highest BCUT2D eigenvalue weighted by Gasteiger charge is 2.51. The number of nitrogens with one attached hydrogen (secondary N) is 1. The first-order valence-electron chi connectivity index (χ1n) is 7.85. The first-order valence-corrected chi connectivity index (χ1v) is 7.85. The highest BCUT2D eigenvalue weighted by Crippen LogP contribution is 2.29. The predicted octanol–water partition coefficient (Wildman–Crippen LogP) is 0.590. The van der Waals surface area contributed by atoms with Crippen LogP contribution < -0.4 is 5.32 Å². The number of hydrogen-bond donors (Lipinski definition) is 1. The van der Waals surface area contributed by atoms with Crippen molar-refractivity contribution in [1.29, 1.82) is 0 Å². The quantitative estimate of drug-likeness (QED) is 0.755. The van der Waals surface area contributed by atoms with Gasteiger partial charge in [-0.2, -0.15) is 0 Å². The molecule has 2 saturated heterocycles. The Bertz CT molecular complexity index is 400. The third kappa shape index (κ3) is 3.55. The van der Waals surface area contributed by atoms with Gasteiger partial charge in [0.25, 0.3) is 5.91 Å². The summed E-state index contributed by atoms with van der Waals surface area (Å²) < 4.78 is 0. The van der Waals surface area contributed by atoms with Crippen LogP contribution in [0.15, 0.2) is 0 Å². The van der Waals surface area contributed by atoms with Crippen LogP contribution in [0.2, 0.25) is 0 Å². The van der Waals surface area contributed by atoms with Crippen LogP contribution in [0.4, 0.5) is 4.79 Å². The van der Waals surface area contributed by atoms with Crippen molar-refractivity contribution in [3.05, 3.63) is 0 Å². The number of likely N-dealkylation sites (tertiary alicyclic amines) is 1. The van der Waals surface area contributed by atoms with E-state index in [1.54, 1.807) is 0 Å². The van der Waals surface area contributed by atoms with Crippen molar-refractivity contribution in [2.75, 3.05) is 46.8 Å². The van der Waals surface area contributed by atoms with Crippen LogP contribution in [0, 0.1) is 5.92 Å². The number of carbonyl (C=O) groups excluding carboxylic acids is 2. The second kappa shape index (κ2) is 6.32. The molecule has 120 valence electrons. The molecule has 2 aliphatic rings. The molecule has 0 aromatic rings. The minimum Gasteiger partial charge on any atom is -0.323 e. The first kappa shape index (κ1) is 16.2. The van der Waals surface area contributed by atoms with Gasteiger partial charge in [-0.25, -0.2) is 4.79 Å². The van der Waals surface area contributed by atoms with Crippen molar-refractivity contribution < 1.29 is 9.59 Å². The maximum Gasteiger partial charge on any atom is 0.325 e. The van der Waals surface area contributed by atoms with Gasteiger partial charge in [-0.15, -0.1) is 0 Å². The Morgan fingerprint density at radius 3 is 2.38 bits per heavy atom. The van der Waals surface area contributed by atoms with E-state index in [4.69, 9.17) is 0 Å². The topological polar surface area (TPSA) is 55.9 Å². The standard InChI is InChI=1S/C15H28N4O2/c1-12(2)11-18-7-5-15(6-8-18)13(20)19(14(21)16-15)10-9-17(3)4/h12H,5-11H2,1-4H3,(H,16,21). The summed E-state index contributed by atoms with van der Waals surface area (Å²) in [6, 6.07) is -0.223. The molecule has 6 nitrogen and oxygen atoms in total. The molecule has 2 fully saturated rings. The van der Waals surface area contributed by atoms with Gasteiger partial charge in [-0.3, -0.25) is 9.69 Å². The van der Waals surface area contributed by atoms with Crippen LogP contribution in [0.25, 0.3) is 0 Å². The number of nitrogens with zero attached hydrogens (tertiary/aromatic N) is 3. The second-order valence-electron chi connectivity index (χ2n) is 6.97. The Balaban J connectivity index is 1.96. The number of amides is 3. The molecule has 1 N–H and O–H groups in total. The number of imide groups is 1. The maximum atomic E-state index is 12.6. The van der Waals surface area contributed by atoms with Gasteiger partial charge in [-0.05, 0) is 32.9 Å². The van der Waals surface area contributed by atoms with Crippen molar-refractivity contribution >= 4 is 11.9 Å². The van der Waals surface area contributed by atoms with Crippen molar-refractivity contribution in [2.45, 2.75) is 32.2 Å². The van der Waals surface area contributed by atoms with Crippen LogP contribution in [0.1, 0.15) is 26.7 Å². The lowest BCUT2D eigenvalue weighted by Gasteiger charge is -2.38. The van der Waals surface area contributed by atoms with Crippen molar-refractivity contribution in [1.82, 2.24) is 20.0 Å². The van der Waals surface area contributed by atoms with Gasteiger partial charge < -0.3 is 15.1 Å². The third-order valence-electron chi connectivity index (χ3n) is 4.35. The molecule has 6 heteroatoms. The van der Waals surface area contributed by atoms with E-state index in [2.05, 4.69) is 24.1 Å². The fourth-order valence-corrected chi connectivity index (χ4v) is 3.15. The zero-order valence-corrected chi connectivity index (χ0v) is 13.7. The zero-order chi connectivity index (χ0) is 15.6. The van der Waals surface area contributed by atoms with Crippen LogP contribution in [-0.4, -0.2) is 79.0 Å². The van der Waals surface area contributed by atoms with Gasteiger partial charge in [0, 0.05) is 32.7 Å². The number of urea groups is 1. The van der Waals surface area contributed by atoms with Gasteiger partial charge in [0.2, 0.25) is 0 Å². The zero-order valence-electron chi connectivity index (χ0n) is 13.7. The summed E-state index contributed by atoms with van der Waals surface area (Å²) in [6.45, 7) is 8.40. The highest BCUT2D eigenvalue weighted by molar-refractivity contribution is 6.07. The summed E-state index contributed by atoms with van der Waals surface area (Å²) in [4.78, 5) is 30.5. The van der Waals surface area contributed by atoms with Crippen LogP contribution >= 0.6 is 0 Å². The van der Waals surface area contributed by atoms with E-state index in [9.17, 15) is 9.59 Å². The molecule has 21 heavy (non-hydrogen) atoms. The molecule has 0 aromatic heterocycles. The van der Waals surface area contributed by atoms with Crippen LogP contribution in [0.3, 0.4) is 0 Å². The molecule has 2 rings (SSSR count). The number of likely N-dealkylation sites (N-methyl/N-ethyl adjacent to an activating group) is 1. The monoisotopic (exact) mass is 296 g/mol. The lowest BCUT2D eigenvalue weighted by Crippen LogP contribution is -2.55. The first-order chi connectivity index (χ1) is 9.84. The van der Waals surface area contributed by atoms with E-state index in [0.29, 0.717) is 19.0 Å². The smallest absolute Gasteiger partial charge is 0.323 e. The fourth-order valence-electron chi connectivity index (χ4n) is 3.15. The molecular weight excluding hydrogens is 268 g/mol. The largest absolute Gasteiger partial charge is 0.325 e. The molecule has 3 amide bonds. The molecule has 1 spiro atoms. The maximum absolute atomic E-state index is 12.6.